The van der Waals surface area contributed by atoms with E-state index in [2.05, 4.69) is 15.6 Å². The lowest BCUT2D eigenvalue weighted by atomic mass is 10.2. The van der Waals surface area contributed by atoms with Gasteiger partial charge in [-0.05, 0) is 33.3 Å². The third-order valence-electron chi connectivity index (χ3n) is 2.78. The monoisotopic (exact) mass is 463 g/mol. The second-order valence-electron chi connectivity index (χ2n) is 6.25. The molecular formula is C18H30IN3O3. The van der Waals surface area contributed by atoms with Gasteiger partial charge in [-0.1, -0.05) is 30.3 Å². The third-order valence-corrected chi connectivity index (χ3v) is 2.78. The lowest BCUT2D eigenvalue weighted by molar-refractivity contribution is -0.152. The van der Waals surface area contributed by atoms with Crippen molar-refractivity contribution in [3.05, 3.63) is 35.9 Å². The molecule has 0 aliphatic carbocycles. The van der Waals surface area contributed by atoms with Crippen molar-refractivity contribution in [2.75, 3.05) is 26.2 Å². The first-order valence-corrected chi connectivity index (χ1v) is 8.26. The summed E-state index contributed by atoms with van der Waals surface area (Å²) in [5, 5.41) is 6.22. The number of benzene rings is 1. The lowest BCUT2D eigenvalue weighted by Crippen LogP contribution is -2.39. The molecule has 142 valence electrons. The van der Waals surface area contributed by atoms with E-state index < -0.39 is 5.60 Å². The summed E-state index contributed by atoms with van der Waals surface area (Å²) in [4.78, 5) is 15.9. The van der Waals surface area contributed by atoms with Crippen LogP contribution in [-0.4, -0.2) is 43.8 Å². The molecule has 7 heteroatoms. The van der Waals surface area contributed by atoms with E-state index in [1.807, 2.05) is 58.0 Å². The minimum atomic E-state index is -0.496. The molecule has 0 fully saturated rings. The van der Waals surface area contributed by atoms with Crippen LogP contribution < -0.4 is 10.6 Å². The van der Waals surface area contributed by atoms with Gasteiger partial charge in [-0.2, -0.15) is 0 Å². The largest absolute Gasteiger partial charge is 0.459 e. The van der Waals surface area contributed by atoms with Gasteiger partial charge in [0.05, 0.1) is 13.2 Å². The van der Waals surface area contributed by atoms with Crippen molar-refractivity contribution < 1.29 is 14.3 Å². The van der Waals surface area contributed by atoms with Gasteiger partial charge in [-0.3, -0.25) is 4.79 Å². The topological polar surface area (TPSA) is 72.0 Å². The standard InChI is InChI=1S/C18H29N3O3.HI/c1-5-19-17(21-13-16(22)24-18(2,3)4)20-11-12-23-14-15-9-7-6-8-10-15;/h6-10H,5,11-14H2,1-4H3,(H2,19,20,21);1H. The lowest BCUT2D eigenvalue weighted by Gasteiger charge is -2.19. The Morgan fingerprint density at radius 3 is 2.44 bits per heavy atom. The summed E-state index contributed by atoms with van der Waals surface area (Å²) in [5.41, 5.74) is 0.645. The Kier molecular flexibility index (Phi) is 12.2. The number of aliphatic imine (C=N–C) groups is 1. The molecule has 0 atom stereocenters. The van der Waals surface area contributed by atoms with Gasteiger partial charge in [-0.15, -0.1) is 24.0 Å². The maximum absolute atomic E-state index is 11.7. The first-order valence-electron chi connectivity index (χ1n) is 8.26. The summed E-state index contributed by atoms with van der Waals surface area (Å²) in [5.74, 6) is 0.228. The molecule has 0 aliphatic heterocycles. The Balaban J connectivity index is 0.00000576. The maximum atomic E-state index is 11.7. The molecule has 0 unspecified atom stereocenters. The van der Waals surface area contributed by atoms with Crippen molar-refractivity contribution in [1.29, 1.82) is 0 Å². The highest BCUT2D eigenvalue weighted by Gasteiger charge is 2.15. The molecule has 6 nitrogen and oxygen atoms in total. The molecular weight excluding hydrogens is 433 g/mol. The van der Waals surface area contributed by atoms with E-state index in [1.165, 1.54) is 0 Å². The van der Waals surface area contributed by atoms with Crippen molar-refractivity contribution in [2.45, 2.75) is 39.9 Å². The Hall–Kier alpha value is -1.35. The summed E-state index contributed by atoms with van der Waals surface area (Å²) >= 11 is 0. The van der Waals surface area contributed by atoms with Gasteiger partial charge < -0.3 is 20.1 Å². The maximum Gasteiger partial charge on any atom is 0.328 e. The van der Waals surface area contributed by atoms with Gasteiger partial charge in [0, 0.05) is 13.1 Å². The first kappa shape index (κ1) is 23.6. The highest BCUT2D eigenvalue weighted by molar-refractivity contribution is 14.0. The minimum Gasteiger partial charge on any atom is -0.459 e. The van der Waals surface area contributed by atoms with Gasteiger partial charge in [0.15, 0.2) is 5.96 Å². The normalized spacial score (nSPS) is 11.4. The van der Waals surface area contributed by atoms with E-state index in [-0.39, 0.29) is 36.5 Å². The fraction of sp³-hybridized carbons (Fsp3) is 0.556. The van der Waals surface area contributed by atoms with Crippen molar-refractivity contribution >= 4 is 35.9 Å². The predicted molar refractivity (Wildman–Crippen MR) is 111 cm³/mol. The van der Waals surface area contributed by atoms with Crippen LogP contribution in [0.3, 0.4) is 0 Å². The smallest absolute Gasteiger partial charge is 0.328 e. The zero-order chi connectivity index (χ0) is 17.8. The number of hydrogen-bond acceptors (Lipinski definition) is 4. The van der Waals surface area contributed by atoms with E-state index in [0.717, 1.165) is 5.56 Å². The van der Waals surface area contributed by atoms with Crippen LogP contribution in [0.15, 0.2) is 35.3 Å². The van der Waals surface area contributed by atoms with Crippen LogP contribution in [0.2, 0.25) is 0 Å². The summed E-state index contributed by atoms with van der Waals surface area (Å²) in [6.07, 6.45) is 0. The quantitative estimate of drug-likeness (QED) is 0.204. The Labute approximate surface area is 167 Å². The van der Waals surface area contributed by atoms with Crippen LogP contribution in [0.5, 0.6) is 0 Å². The number of nitrogens with zero attached hydrogens (tertiary/aromatic N) is 1. The van der Waals surface area contributed by atoms with Gasteiger partial charge in [0.1, 0.15) is 12.1 Å². The van der Waals surface area contributed by atoms with Crippen molar-refractivity contribution in [1.82, 2.24) is 10.6 Å². The number of carbonyl (C=O) groups is 1. The number of rotatable bonds is 8. The molecule has 0 saturated heterocycles. The summed E-state index contributed by atoms with van der Waals surface area (Å²) in [6.45, 7) is 9.90. The number of halogens is 1. The molecule has 25 heavy (non-hydrogen) atoms. The van der Waals surface area contributed by atoms with Crippen LogP contribution in [0.1, 0.15) is 33.3 Å². The molecule has 0 amide bonds. The number of guanidine groups is 1. The Morgan fingerprint density at radius 1 is 1.16 bits per heavy atom. The molecule has 0 aromatic heterocycles. The number of ether oxygens (including phenoxy) is 2. The number of nitrogens with one attached hydrogen (secondary N) is 2. The van der Waals surface area contributed by atoms with E-state index in [0.29, 0.717) is 32.3 Å². The van der Waals surface area contributed by atoms with E-state index in [1.54, 1.807) is 0 Å². The van der Waals surface area contributed by atoms with Crippen LogP contribution >= 0.6 is 24.0 Å². The number of esters is 1. The second kappa shape index (κ2) is 12.9. The van der Waals surface area contributed by atoms with Gasteiger partial charge in [0.2, 0.25) is 0 Å². The molecule has 2 N–H and O–H groups in total. The summed E-state index contributed by atoms with van der Waals surface area (Å²) in [7, 11) is 0. The van der Waals surface area contributed by atoms with E-state index in [9.17, 15) is 4.79 Å². The average molecular weight is 463 g/mol. The third kappa shape index (κ3) is 12.6. The summed E-state index contributed by atoms with van der Waals surface area (Å²) < 4.78 is 10.8. The first-order chi connectivity index (χ1) is 11.4. The SMILES string of the molecule is CCNC(=NCC(=O)OC(C)(C)C)NCCOCc1ccccc1.I. The molecule has 0 saturated carbocycles. The number of hydrogen-bond donors (Lipinski definition) is 2. The molecule has 0 heterocycles. The molecule has 1 rings (SSSR count). The zero-order valence-corrected chi connectivity index (χ0v) is 17.8. The fourth-order valence-electron chi connectivity index (χ4n) is 1.86. The van der Waals surface area contributed by atoms with Crippen molar-refractivity contribution in [3.63, 3.8) is 0 Å². The summed E-state index contributed by atoms with van der Waals surface area (Å²) in [6, 6.07) is 10.0. The van der Waals surface area contributed by atoms with Gasteiger partial charge in [-0.25, -0.2) is 4.99 Å². The zero-order valence-electron chi connectivity index (χ0n) is 15.5. The highest BCUT2D eigenvalue weighted by Crippen LogP contribution is 2.06. The van der Waals surface area contributed by atoms with E-state index in [4.69, 9.17) is 9.47 Å². The average Bonchev–Trinajstić information content (AvgIpc) is 2.51. The fourth-order valence-corrected chi connectivity index (χ4v) is 1.86. The van der Waals surface area contributed by atoms with Gasteiger partial charge >= 0.3 is 5.97 Å². The van der Waals surface area contributed by atoms with Crippen molar-refractivity contribution in [3.8, 4) is 0 Å². The molecule has 0 spiro atoms. The van der Waals surface area contributed by atoms with Crippen LogP contribution in [0, 0.1) is 0 Å². The van der Waals surface area contributed by atoms with Crippen LogP contribution in [-0.2, 0) is 20.9 Å². The van der Waals surface area contributed by atoms with Crippen LogP contribution in [0.25, 0.3) is 0 Å². The minimum absolute atomic E-state index is 0. The Morgan fingerprint density at radius 2 is 1.84 bits per heavy atom. The molecule has 1 aromatic rings. The van der Waals surface area contributed by atoms with Crippen molar-refractivity contribution in [2.24, 2.45) is 4.99 Å². The molecule has 1 aromatic carbocycles. The Bertz CT molecular complexity index is 516. The van der Waals surface area contributed by atoms with E-state index >= 15 is 0 Å². The predicted octanol–water partition coefficient (Wildman–Crippen LogP) is 2.72. The molecule has 0 radical (unpaired) electrons. The number of carbonyl (C=O) groups excluding carboxylic acids is 1. The van der Waals surface area contributed by atoms with Crippen LogP contribution in [0.4, 0.5) is 0 Å². The van der Waals surface area contributed by atoms with Gasteiger partial charge in [0.25, 0.3) is 0 Å². The second-order valence-corrected chi connectivity index (χ2v) is 6.25. The molecule has 0 bridgehead atoms. The highest BCUT2D eigenvalue weighted by atomic mass is 127. The molecule has 0 aliphatic rings.